The van der Waals surface area contributed by atoms with E-state index in [0.29, 0.717) is 0 Å². The highest BCUT2D eigenvalue weighted by Crippen LogP contribution is 2.13. The van der Waals surface area contributed by atoms with Gasteiger partial charge in [0.2, 0.25) is 0 Å². The molecule has 0 aromatic carbocycles. The maximum absolute atomic E-state index is 3.76. The van der Waals surface area contributed by atoms with Gasteiger partial charge in [0.25, 0.3) is 0 Å². The Morgan fingerprint density at radius 1 is 0.579 bits per heavy atom. The van der Waals surface area contributed by atoms with Gasteiger partial charge in [-0.1, -0.05) is 96.5 Å². The molecule has 0 atom stereocenters. The van der Waals surface area contributed by atoms with Gasteiger partial charge in [-0.2, -0.15) is 0 Å². The standard InChI is InChI=1S/C18H36.H3N/c1-3-5-7-9-11-13-15-17-18-16-14-12-10-8-6-4-2;/h3H,1,4-18H2,2H3;1H3. The molecule has 0 rings (SSSR count). The van der Waals surface area contributed by atoms with Gasteiger partial charge in [-0.05, 0) is 12.8 Å². The molecule has 19 heavy (non-hydrogen) atoms. The third-order valence-electron chi connectivity index (χ3n) is 3.76. The van der Waals surface area contributed by atoms with Gasteiger partial charge in [-0.25, -0.2) is 0 Å². The first-order valence-electron chi connectivity index (χ1n) is 8.52. The third-order valence-corrected chi connectivity index (χ3v) is 3.76. The van der Waals surface area contributed by atoms with Crippen LogP contribution in [-0.2, 0) is 0 Å². The van der Waals surface area contributed by atoms with Crippen LogP contribution in [0, 0.1) is 0 Å². The van der Waals surface area contributed by atoms with Crippen LogP contribution in [0.3, 0.4) is 0 Å². The molecule has 0 aliphatic heterocycles. The molecule has 0 heterocycles. The van der Waals surface area contributed by atoms with E-state index in [2.05, 4.69) is 13.5 Å². The molecule has 0 amide bonds. The zero-order valence-corrected chi connectivity index (χ0v) is 13.6. The van der Waals surface area contributed by atoms with E-state index in [9.17, 15) is 0 Å². The van der Waals surface area contributed by atoms with Gasteiger partial charge in [0.15, 0.2) is 0 Å². The quantitative estimate of drug-likeness (QED) is 0.247. The summed E-state index contributed by atoms with van der Waals surface area (Å²) in [6.45, 7) is 6.05. The van der Waals surface area contributed by atoms with Gasteiger partial charge in [0.05, 0.1) is 0 Å². The molecule has 1 nitrogen and oxygen atoms in total. The van der Waals surface area contributed by atoms with Crippen molar-refractivity contribution in [3.05, 3.63) is 12.7 Å². The van der Waals surface area contributed by atoms with Crippen LogP contribution < -0.4 is 6.15 Å². The van der Waals surface area contributed by atoms with E-state index < -0.39 is 0 Å². The first-order valence-corrected chi connectivity index (χ1v) is 8.52. The highest BCUT2D eigenvalue weighted by molar-refractivity contribution is 4.65. The van der Waals surface area contributed by atoms with E-state index in [1.54, 1.807) is 0 Å². The van der Waals surface area contributed by atoms with E-state index in [4.69, 9.17) is 0 Å². The van der Waals surface area contributed by atoms with Crippen LogP contribution in [0.2, 0.25) is 0 Å². The lowest BCUT2D eigenvalue weighted by Gasteiger charge is -2.02. The Labute approximate surface area is 122 Å². The summed E-state index contributed by atoms with van der Waals surface area (Å²) in [6.07, 6.45) is 23.5. The van der Waals surface area contributed by atoms with Crippen LogP contribution >= 0.6 is 0 Å². The van der Waals surface area contributed by atoms with Crippen molar-refractivity contribution in [3.8, 4) is 0 Å². The lowest BCUT2D eigenvalue weighted by molar-refractivity contribution is 0.536. The Bertz CT molecular complexity index is 154. The Balaban J connectivity index is 0. The monoisotopic (exact) mass is 269 g/mol. The molecule has 0 radical (unpaired) electrons. The Morgan fingerprint density at radius 2 is 0.895 bits per heavy atom. The van der Waals surface area contributed by atoms with E-state index in [1.807, 2.05) is 6.08 Å². The minimum atomic E-state index is 0. The molecule has 0 aliphatic carbocycles. The van der Waals surface area contributed by atoms with Gasteiger partial charge in [-0.15, -0.1) is 6.58 Å². The lowest BCUT2D eigenvalue weighted by atomic mass is 10.0. The second kappa shape index (κ2) is 20.0. The number of hydrogen-bond donors (Lipinski definition) is 1. The molecule has 0 bridgehead atoms. The van der Waals surface area contributed by atoms with Crippen molar-refractivity contribution in [2.24, 2.45) is 0 Å². The predicted molar refractivity (Wildman–Crippen MR) is 90.1 cm³/mol. The fraction of sp³-hybridized carbons (Fsp3) is 0.889. The van der Waals surface area contributed by atoms with E-state index in [0.717, 1.165) is 0 Å². The van der Waals surface area contributed by atoms with Crippen molar-refractivity contribution >= 4 is 0 Å². The highest BCUT2D eigenvalue weighted by atomic mass is 14.0. The molecule has 0 saturated carbocycles. The number of unbranched alkanes of at least 4 members (excludes halogenated alkanes) is 14. The van der Waals surface area contributed by atoms with E-state index >= 15 is 0 Å². The van der Waals surface area contributed by atoms with Crippen molar-refractivity contribution in [1.29, 1.82) is 0 Å². The maximum atomic E-state index is 3.76. The smallest absolute Gasteiger partial charge is 0.0353 e. The van der Waals surface area contributed by atoms with Crippen molar-refractivity contribution < 1.29 is 0 Å². The number of allylic oxidation sites excluding steroid dienone is 1. The molecule has 0 spiro atoms. The average molecular weight is 270 g/mol. The second-order valence-corrected chi connectivity index (χ2v) is 5.67. The molecule has 116 valence electrons. The molecule has 0 aromatic heterocycles. The minimum absolute atomic E-state index is 0. The molecule has 0 aromatic rings. The fourth-order valence-corrected chi connectivity index (χ4v) is 2.48. The summed E-state index contributed by atoms with van der Waals surface area (Å²) in [7, 11) is 0. The second-order valence-electron chi connectivity index (χ2n) is 5.67. The SMILES string of the molecule is C=CCCCCCCCCCCCCCCCC.N. The van der Waals surface area contributed by atoms with Crippen LogP contribution in [0.5, 0.6) is 0 Å². The molecule has 0 unspecified atom stereocenters. The zero-order valence-electron chi connectivity index (χ0n) is 13.6. The minimum Gasteiger partial charge on any atom is -0.344 e. The first kappa shape index (κ1) is 21.0. The fourth-order valence-electron chi connectivity index (χ4n) is 2.48. The van der Waals surface area contributed by atoms with Crippen molar-refractivity contribution in [1.82, 2.24) is 6.15 Å². The molecule has 0 saturated heterocycles. The average Bonchev–Trinajstić information content (AvgIpc) is 2.39. The molecular weight excluding hydrogens is 230 g/mol. The van der Waals surface area contributed by atoms with Gasteiger partial charge < -0.3 is 6.15 Å². The van der Waals surface area contributed by atoms with Crippen LogP contribution in [0.25, 0.3) is 0 Å². The largest absolute Gasteiger partial charge is 0.344 e. The summed E-state index contributed by atoms with van der Waals surface area (Å²) in [5.74, 6) is 0. The van der Waals surface area contributed by atoms with Crippen molar-refractivity contribution in [2.45, 2.75) is 103 Å². The first-order chi connectivity index (χ1) is 8.91. The Hall–Kier alpha value is -0.300. The van der Waals surface area contributed by atoms with Crippen LogP contribution in [0.1, 0.15) is 103 Å². The predicted octanol–water partition coefficient (Wildman–Crippen LogP) is 7.21. The van der Waals surface area contributed by atoms with Gasteiger partial charge in [-0.3, -0.25) is 0 Å². The summed E-state index contributed by atoms with van der Waals surface area (Å²) in [5, 5.41) is 0. The van der Waals surface area contributed by atoms with Gasteiger partial charge >= 0.3 is 0 Å². The summed E-state index contributed by atoms with van der Waals surface area (Å²) < 4.78 is 0. The van der Waals surface area contributed by atoms with Crippen LogP contribution in [0.4, 0.5) is 0 Å². The summed E-state index contributed by atoms with van der Waals surface area (Å²) in [4.78, 5) is 0. The van der Waals surface area contributed by atoms with E-state index in [-0.39, 0.29) is 6.15 Å². The van der Waals surface area contributed by atoms with Crippen molar-refractivity contribution in [2.75, 3.05) is 0 Å². The third kappa shape index (κ3) is 20.2. The molecule has 0 aliphatic rings. The molecular formula is C18H39N. The summed E-state index contributed by atoms with van der Waals surface area (Å²) in [6, 6.07) is 0. The highest BCUT2D eigenvalue weighted by Gasteiger charge is 1.93. The summed E-state index contributed by atoms with van der Waals surface area (Å²) >= 11 is 0. The van der Waals surface area contributed by atoms with Crippen LogP contribution in [-0.4, -0.2) is 0 Å². The van der Waals surface area contributed by atoms with Crippen molar-refractivity contribution in [3.63, 3.8) is 0 Å². The Kier molecular flexibility index (Phi) is 22.1. The molecule has 0 fully saturated rings. The number of rotatable bonds is 15. The normalized spacial score (nSPS) is 10.2. The lowest BCUT2D eigenvalue weighted by Crippen LogP contribution is -1.83. The topological polar surface area (TPSA) is 35.0 Å². The van der Waals surface area contributed by atoms with Crippen LogP contribution in [0.15, 0.2) is 12.7 Å². The van der Waals surface area contributed by atoms with Gasteiger partial charge in [0.1, 0.15) is 0 Å². The van der Waals surface area contributed by atoms with Gasteiger partial charge in [0, 0.05) is 0 Å². The Morgan fingerprint density at radius 3 is 1.21 bits per heavy atom. The number of hydrogen-bond acceptors (Lipinski definition) is 1. The van der Waals surface area contributed by atoms with E-state index in [1.165, 1.54) is 96.3 Å². The molecule has 1 heteroatoms. The zero-order chi connectivity index (χ0) is 13.3. The maximum Gasteiger partial charge on any atom is -0.0353 e. The summed E-state index contributed by atoms with van der Waals surface area (Å²) in [5.41, 5.74) is 0. The molecule has 3 N–H and O–H groups in total.